The SMILES string of the molecule is CO[C@H]1C[C@H]2[C@@H]([C@H](O)C[C@@H]3C[C@H](O)CC[C@@]32C)[C@@H]2CC[C@@H]3[C@@H](CCC(=O)N4CCc5cc(F)c(F)cc54)CC[C@@]132. The van der Waals surface area contributed by atoms with Gasteiger partial charge in [-0.05, 0) is 123 Å². The maximum absolute atomic E-state index is 13.9. The fraction of sp³-hybridized carbons (Fsp3) is 0.788. The van der Waals surface area contributed by atoms with Gasteiger partial charge < -0.3 is 19.8 Å². The molecular formula is C33H45F2NO4. The third-order valence-corrected chi connectivity index (χ3v) is 13.3. The number of carbonyl (C=O) groups excluding carboxylic acids is 1. The van der Waals surface area contributed by atoms with Crippen LogP contribution in [0.2, 0.25) is 0 Å². The number of fused-ring (bicyclic) bond motifs is 5. The third-order valence-electron chi connectivity index (χ3n) is 13.3. The molecule has 2 N–H and O–H groups in total. The number of hydrogen-bond donors (Lipinski definition) is 2. The molecule has 7 rings (SSSR count). The average Bonchev–Trinajstić information content (AvgIpc) is 3.61. The van der Waals surface area contributed by atoms with Crippen LogP contribution in [0.25, 0.3) is 0 Å². The van der Waals surface area contributed by atoms with Gasteiger partial charge in [0.25, 0.3) is 0 Å². The van der Waals surface area contributed by atoms with Crippen molar-refractivity contribution in [1.29, 1.82) is 0 Å². The first kappa shape index (κ1) is 27.3. The number of benzene rings is 1. The molecule has 1 amide bonds. The van der Waals surface area contributed by atoms with Crippen LogP contribution >= 0.6 is 0 Å². The molecule has 220 valence electrons. The molecular weight excluding hydrogens is 512 g/mol. The molecule has 1 spiro atoms. The second-order valence-electron chi connectivity index (χ2n) is 14.5. The summed E-state index contributed by atoms with van der Waals surface area (Å²) >= 11 is 0. The highest BCUT2D eigenvalue weighted by Gasteiger charge is 2.69. The highest BCUT2D eigenvalue weighted by atomic mass is 19.2. The summed E-state index contributed by atoms with van der Waals surface area (Å²) in [4.78, 5) is 15.0. The maximum Gasteiger partial charge on any atom is 0.227 e. The molecule has 0 radical (unpaired) electrons. The second kappa shape index (κ2) is 9.74. The Kier molecular flexibility index (Phi) is 6.64. The number of aliphatic hydroxyl groups excluding tert-OH is 2. The molecule has 0 aromatic heterocycles. The minimum Gasteiger partial charge on any atom is -0.393 e. The zero-order valence-electron chi connectivity index (χ0n) is 24.0. The minimum atomic E-state index is -0.899. The fourth-order valence-electron chi connectivity index (χ4n) is 11.6. The molecule has 7 heteroatoms. The van der Waals surface area contributed by atoms with E-state index in [1.807, 2.05) is 7.11 Å². The van der Waals surface area contributed by atoms with E-state index in [4.69, 9.17) is 4.74 Å². The molecule has 5 aliphatic carbocycles. The Hall–Kier alpha value is -1.57. The van der Waals surface area contributed by atoms with Crippen LogP contribution in [0, 0.1) is 58.0 Å². The van der Waals surface area contributed by atoms with Crippen LogP contribution in [0.1, 0.15) is 83.1 Å². The Labute approximate surface area is 236 Å². The van der Waals surface area contributed by atoms with Crippen molar-refractivity contribution in [3.05, 3.63) is 29.3 Å². The van der Waals surface area contributed by atoms with Crippen LogP contribution in [-0.2, 0) is 16.0 Å². The van der Waals surface area contributed by atoms with E-state index in [2.05, 4.69) is 6.92 Å². The fourth-order valence-corrected chi connectivity index (χ4v) is 11.6. The standard InChI is InChI=1S/C33H45F2NO4/c1-32-10-8-21(37)14-20(32)15-28(38)31-23-5-4-22-18(7-11-33(22,23)29(40-2)16-24(31)32)3-6-30(39)36-12-9-19-13-25(34)26(35)17-27(19)36/h13,17-18,20-24,28-29,31,37-38H,3-12,14-16H2,1-2H3/t18-,20-,21+,22+,23-,24-,28+,29-,31-,32-,33+/m0/s1. The molecule has 5 saturated carbocycles. The first-order valence-corrected chi connectivity index (χ1v) is 15.8. The van der Waals surface area contributed by atoms with E-state index in [1.165, 1.54) is 12.1 Å². The van der Waals surface area contributed by atoms with Gasteiger partial charge in [-0.15, -0.1) is 0 Å². The van der Waals surface area contributed by atoms with E-state index >= 15 is 0 Å². The van der Waals surface area contributed by atoms with Crippen LogP contribution in [0.3, 0.4) is 0 Å². The molecule has 0 unspecified atom stereocenters. The predicted molar refractivity (Wildman–Crippen MR) is 147 cm³/mol. The Morgan fingerprint density at radius 1 is 1.02 bits per heavy atom. The van der Waals surface area contributed by atoms with Crippen molar-refractivity contribution in [3.8, 4) is 0 Å². The molecule has 1 heterocycles. The van der Waals surface area contributed by atoms with Crippen molar-refractivity contribution in [1.82, 2.24) is 0 Å². The average molecular weight is 558 g/mol. The van der Waals surface area contributed by atoms with Crippen LogP contribution in [0.15, 0.2) is 12.1 Å². The highest BCUT2D eigenvalue weighted by molar-refractivity contribution is 5.95. The Morgan fingerprint density at radius 3 is 2.60 bits per heavy atom. The van der Waals surface area contributed by atoms with Gasteiger partial charge in [-0.3, -0.25) is 4.79 Å². The molecule has 1 aromatic rings. The van der Waals surface area contributed by atoms with Gasteiger partial charge in [0.15, 0.2) is 11.6 Å². The Balaban J connectivity index is 1.09. The number of ether oxygens (including phenoxy) is 1. The Morgan fingerprint density at radius 2 is 1.80 bits per heavy atom. The number of amides is 1. The van der Waals surface area contributed by atoms with Gasteiger partial charge in [0.05, 0.1) is 18.3 Å². The summed E-state index contributed by atoms with van der Waals surface area (Å²) in [6, 6.07) is 2.41. The van der Waals surface area contributed by atoms with E-state index < -0.39 is 11.6 Å². The summed E-state index contributed by atoms with van der Waals surface area (Å²) in [5.41, 5.74) is 1.46. The summed E-state index contributed by atoms with van der Waals surface area (Å²) in [6.07, 6.45) is 10.4. The molecule has 6 aliphatic rings. The second-order valence-corrected chi connectivity index (χ2v) is 14.5. The molecule has 5 fully saturated rings. The van der Waals surface area contributed by atoms with Gasteiger partial charge in [0, 0.05) is 37.2 Å². The minimum absolute atomic E-state index is 0.00779. The molecule has 40 heavy (non-hydrogen) atoms. The number of carbonyl (C=O) groups is 1. The Bertz CT molecular complexity index is 1180. The third kappa shape index (κ3) is 3.82. The van der Waals surface area contributed by atoms with Crippen LogP contribution < -0.4 is 4.90 Å². The lowest BCUT2D eigenvalue weighted by Crippen LogP contribution is -2.62. The lowest BCUT2D eigenvalue weighted by Gasteiger charge is -2.64. The normalized spacial score (nSPS) is 45.5. The highest BCUT2D eigenvalue weighted by Crippen LogP contribution is 2.72. The number of halogens is 2. The lowest BCUT2D eigenvalue weighted by molar-refractivity contribution is -0.211. The van der Waals surface area contributed by atoms with Gasteiger partial charge >= 0.3 is 0 Å². The van der Waals surface area contributed by atoms with E-state index in [0.717, 1.165) is 64.2 Å². The van der Waals surface area contributed by atoms with Crippen molar-refractivity contribution in [3.63, 3.8) is 0 Å². The van der Waals surface area contributed by atoms with Gasteiger partial charge in [-0.25, -0.2) is 8.78 Å². The quantitative estimate of drug-likeness (QED) is 0.503. The molecule has 1 aromatic carbocycles. The maximum atomic E-state index is 13.9. The molecule has 5 nitrogen and oxygen atoms in total. The van der Waals surface area contributed by atoms with E-state index in [0.29, 0.717) is 66.1 Å². The van der Waals surface area contributed by atoms with Gasteiger partial charge in [0.2, 0.25) is 5.91 Å². The topological polar surface area (TPSA) is 70.0 Å². The summed E-state index contributed by atoms with van der Waals surface area (Å²) in [5, 5.41) is 22.0. The predicted octanol–water partition coefficient (Wildman–Crippen LogP) is 5.64. The van der Waals surface area contributed by atoms with Gasteiger partial charge in [0.1, 0.15) is 0 Å². The van der Waals surface area contributed by atoms with Crippen LogP contribution in [-0.4, -0.2) is 48.1 Å². The summed E-state index contributed by atoms with van der Waals surface area (Å²) in [6.45, 7) is 2.92. The molecule has 0 saturated heterocycles. The number of anilines is 1. The summed E-state index contributed by atoms with van der Waals surface area (Å²) < 4.78 is 34.0. The van der Waals surface area contributed by atoms with Crippen LogP contribution in [0.5, 0.6) is 0 Å². The number of hydrogen-bond acceptors (Lipinski definition) is 4. The zero-order chi connectivity index (χ0) is 28.0. The van der Waals surface area contributed by atoms with Gasteiger partial charge in [-0.1, -0.05) is 6.92 Å². The summed E-state index contributed by atoms with van der Waals surface area (Å²) in [7, 11) is 1.87. The smallest absolute Gasteiger partial charge is 0.227 e. The van der Waals surface area contributed by atoms with E-state index in [9.17, 15) is 23.8 Å². The monoisotopic (exact) mass is 557 g/mol. The summed E-state index contributed by atoms with van der Waals surface area (Å²) in [5.74, 6) is 0.750. The number of rotatable bonds is 4. The lowest BCUT2D eigenvalue weighted by atomic mass is 9.43. The first-order valence-electron chi connectivity index (χ1n) is 15.8. The van der Waals surface area contributed by atoms with E-state index in [-0.39, 0.29) is 35.0 Å². The number of aliphatic hydroxyl groups is 2. The van der Waals surface area contributed by atoms with Crippen LogP contribution in [0.4, 0.5) is 14.5 Å². The van der Waals surface area contributed by atoms with Crippen molar-refractivity contribution < 1.29 is 28.5 Å². The number of nitrogens with zero attached hydrogens (tertiary/aromatic N) is 1. The molecule has 1 aliphatic heterocycles. The van der Waals surface area contributed by atoms with Crippen molar-refractivity contribution in [2.24, 2.45) is 46.3 Å². The largest absolute Gasteiger partial charge is 0.393 e. The van der Waals surface area contributed by atoms with Crippen molar-refractivity contribution in [2.75, 3.05) is 18.6 Å². The number of methoxy groups -OCH3 is 1. The van der Waals surface area contributed by atoms with E-state index in [1.54, 1.807) is 4.90 Å². The molecule has 11 atom stereocenters. The van der Waals surface area contributed by atoms with Crippen molar-refractivity contribution in [2.45, 2.75) is 102 Å². The van der Waals surface area contributed by atoms with Gasteiger partial charge in [-0.2, -0.15) is 0 Å². The molecule has 0 bridgehead atoms. The first-order chi connectivity index (χ1) is 19.2. The zero-order valence-corrected chi connectivity index (χ0v) is 24.0. The van der Waals surface area contributed by atoms with Crippen molar-refractivity contribution >= 4 is 11.6 Å².